The first kappa shape index (κ1) is 14.5. The summed E-state index contributed by atoms with van der Waals surface area (Å²) in [7, 11) is 0. The summed E-state index contributed by atoms with van der Waals surface area (Å²) < 4.78 is 11.7. The number of aromatic nitrogens is 1. The number of oxazole rings is 1. The number of rotatable bonds is 3. The van der Waals surface area contributed by atoms with E-state index in [1.165, 1.54) is 9.47 Å². The van der Waals surface area contributed by atoms with Gasteiger partial charge in [-0.3, -0.25) is 4.90 Å². The van der Waals surface area contributed by atoms with Crippen LogP contribution in [0.3, 0.4) is 0 Å². The van der Waals surface area contributed by atoms with Gasteiger partial charge in [0.15, 0.2) is 5.58 Å². The van der Waals surface area contributed by atoms with E-state index in [2.05, 4.69) is 0 Å². The maximum Gasteiger partial charge on any atom is 0.424 e. The number of hydrogen-bond donors (Lipinski definition) is 1. The third-order valence-electron chi connectivity index (χ3n) is 3.98. The number of aliphatic hydroxyl groups excluding tert-OH is 1. The van der Waals surface area contributed by atoms with E-state index >= 15 is 0 Å². The maximum absolute atomic E-state index is 12.1. The number of carbonyl (C=O) groups excluding carboxylic acids is 1. The van der Waals surface area contributed by atoms with Gasteiger partial charge < -0.3 is 14.3 Å². The number of cyclic esters (lactones) is 1. The first-order valence-electron chi connectivity index (χ1n) is 7.47. The summed E-state index contributed by atoms with van der Waals surface area (Å²) in [6.07, 6.45) is -1.01. The van der Waals surface area contributed by atoms with Gasteiger partial charge in [0.25, 0.3) is 0 Å². The molecule has 2 heterocycles. The molecule has 0 saturated carbocycles. The van der Waals surface area contributed by atoms with E-state index in [4.69, 9.17) is 14.3 Å². The van der Waals surface area contributed by atoms with Crippen molar-refractivity contribution in [1.29, 1.82) is 0 Å². The second-order valence-corrected chi connectivity index (χ2v) is 5.49. The first-order chi connectivity index (χ1) is 11.7. The van der Waals surface area contributed by atoms with E-state index in [0.29, 0.717) is 29.0 Å². The molecule has 2 aromatic carbocycles. The summed E-state index contributed by atoms with van der Waals surface area (Å²) in [5.41, 5.74) is 2.47. The standard InChI is InChI=1S/C17H14N2O5/c20-10-13-9-18(16(21)23-13)11-5-7-12(8-6-11)19-14-3-1-2-4-15(14)24-17(19)22/h1-8,13,20H,9-10H2/t13-/m1/s1. The zero-order valence-electron chi connectivity index (χ0n) is 12.6. The summed E-state index contributed by atoms with van der Waals surface area (Å²) in [5, 5.41) is 9.10. The van der Waals surface area contributed by atoms with E-state index in [0.717, 1.165) is 0 Å². The molecule has 0 radical (unpaired) electrons. The van der Waals surface area contributed by atoms with E-state index in [9.17, 15) is 9.59 Å². The number of anilines is 1. The molecule has 1 aliphatic rings. The molecule has 4 rings (SSSR count). The highest BCUT2D eigenvalue weighted by molar-refractivity contribution is 5.89. The first-order valence-corrected chi connectivity index (χ1v) is 7.47. The summed E-state index contributed by atoms with van der Waals surface area (Å²) >= 11 is 0. The van der Waals surface area contributed by atoms with Gasteiger partial charge in [-0.2, -0.15) is 0 Å². The number of nitrogens with zero attached hydrogens (tertiary/aromatic N) is 2. The van der Waals surface area contributed by atoms with Gasteiger partial charge in [0.2, 0.25) is 0 Å². The highest BCUT2D eigenvalue weighted by Gasteiger charge is 2.31. The fraction of sp³-hybridized carbons (Fsp3) is 0.176. The van der Waals surface area contributed by atoms with Crippen LogP contribution in [0.2, 0.25) is 0 Å². The van der Waals surface area contributed by atoms with Crippen LogP contribution >= 0.6 is 0 Å². The lowest BCUT2D eigenvalue weighted by Gasteiger charge is -2.13. The van der Waals surface area contributed by atoms with Crippen molar-refractivity contribution in [2.75, 3.05) is 18.1 Å². The zero-order valence-corrected chi connectivity index (χ0v) is 12.6. The van der Waals surface area contributed by atoms with Crippen molar-refractivity contribution in [3.8, 4) is 5.69 Å². The minimum Gasteiger partial charge on any atom is -0.441 e. The van der Waals surface area contributed by atoms with Crippen molar-refractivity contribution in [2.45, 2.75) is 6.10 Å². The van der Waals surface area contributed by atoms with Gasteiger partial charge in [-0.05, 0) is 36.4 Å². The summed E-state index contributed by atoms with van der Waals surface area (Å²) in [5.74, 6) is -0.468. The lowest BCUT2D eigenvalue weighted by Crippen LogP contribution is -2.25. The number of benzene rings is 2. The molecule has 0 aliphatic carbocycles. The van der Waals surface area contributed by atoms with Crippen LogP contribution in [0.4, 0.5) is 10.5 Å². The lowest BCUT2D eigenvalue weighted by atomic mass is 10.2. The Morgan fingerprint density at radius 1 is 1.04 bits per heavy atom. The van der Waals surface area contributed by atoms with E-state index in [-0.39, 0.29) is 6.61 Å². The number of carbonyl (C=O) groups is 1. The molecule has 1 fully saturated rings. The summed E-state index contributed by atoms with van der Waals surface area (Å²) in [6.45, 7) is 0.0833. The second kappa shape index (κ2) is 5.54. The van der Waals surface area contributed by atoms with Crippen LogP contribution in [-0.4, -0.2) is 35.0 Å². The van der Waals surface area contributed by atoms with Crippen molar-refractivity contribution in [3.63, 3.8) is 0 Å². The highest BCUT2D eigenvalue weighted by Crippen LogP contribution is 2.24. The Hall–Kier alpha value is -3.06. The van der Waals surface area contributed by atoms with Crippen LogP contribution in [0.1, 0.15) is 0 Å². The number of fused-ring (bicyclic) bond motifs is 1. The predicted molar refractivity (Wildman–Crippen MR) is 86.5 cm³/mol. The third kappa shape index (κ3) is 2.26. The van der Waals surface area contributed by atoms with Gasteiger partial charge in [-0.1, -0.05) is 12.1 Å². The van der Waals surface area contributed by atoms with Crippen LogP contribution in [0.25, 0.3) is 16.8 Å². The average Bonchev–Trinajstić information content (AvgIpc) is 3.14. The third-order valence-corrected chi connectivity index (χ3v) is 3.98. The highest BCUT2D eigenvalue weighted by atomic mass is 16.6. The van der Waals surface area contributed by atoms with Gasteiger partial charge in [-0.15, -0.1) is 0 Å². The molecule has 0 bridgehead atoms. The summed E-state index contributed by atoms with van der Waals surface area (Å²) in [4.78, 5) is 25.4. The van der Waals surface area contributed by atoms with Crippen molar-refractivity contribution in [2.24, 2.45) is 0 Å². The van der Waals surface area contributed by atoms with Crippen LogP contribution in [0, 0.1) is 0 Å². The normalized spacial score (nSPS) is 17.5. The van der Waals surface area contributed by atoms with Gasteiger partial charge in [0.1, 0.15) is 6.10 Å². The van der Waals surface area contributed by atoms with Crippen LogP contribution in [0.5, 0.6) is 0 Å². The maximum atomic E-state index is 12.1. The molecule has 1 aromatic heterocycles. The van der Waals surface area contributed by atoms with Crippen LogP contribution in [0.15, 0.2) is 57.7 Å². The molecule has 3 aromatic rings. The predicted octanol–water partition coefficient (Wildman–Crippen LogP) is 1.90. The molecule has 1 atom stereocenters. The molecular formula is C17H14N2O5. The Labute approximate surface area is 136 Å². The van der Waals surface area contributed by atoms with Crippen molar-refractivity contribution >= 4 is 22.9 Å². The van der Waals surface area contributed by atoms with Crippen molar-refractivity contribution in [3.05, 3.63) is 59.1 Å². The molecule has 7 nitrogen and oxygen atoms in total. The average molecular weight is 326 g/mol. The minimum atomic E-state index is -0.516. The number of para-hydroxylation sites is 2. The van der Waals surface area contributed by atoms with E-state index in [1.54, 1.807) is 42.5 Å². The molecule has 122 valence electrons. The molecule has 1 saturated heterocycles. The molecule has 1 aliphatic heterocycles. The van der Waals surface area contributed by atoms with Gasteiger partial charge >= 0.3 is 11.8 Å². The molecule has 24 heavy (non-hydrogen) atoms. The van der Waals surface area contributed by atoms with Gasteiger partial charge in [-0.25, -0.2) is 14.2 Å². The monoisotopic (exact) mass is 326 g/mol. The number of amides is 1. The fourth-order valence-electron chi connectivity index (χ4n) is 2.82. The molecule has 0 unspecified atom stereocenters. The minimum absolute atomic E-state index is 0.212. The Morgan fingerprint density at radius 3 is 2.46 bits per heavy atom. The second-order valence-electron chi connectivity index (χ2n) is 5.49. The molecule has 0 spiro atoms. The SMILES string of the molecule is O=C1O[C@@H](CO)CN1c1ccc(-n2c(=O)oc3ccccc32)cc1. The van der Waals surface area contributed by atoms with Crippen LogP contribution < -0.4 is 10.7 Å². The molecule has 7 heteroatoms. The zero-order chi connectivity index (χ0) is 16.7. The Morgan fingerprint density at radius 2 is 1.75 bits per heavy atom. The Bertz CT molecular complexity index is 957. The molecule has 1 N–H and O–H groups in total. The number of hydrogen-bond acceptors (Lipinski definition) is 5. The Kier molecular flexibility index (Phi) is 3.35. The summed E-state index contributed by atoms with van der Waals surface area (Å²) in [6, 6.07) is 14.1. The smallest absolute Gasteiger partial charge is 0.424 e. The van der Waals surface area contributed by atoms with Crippen LogP contribution in [-0.2, 0) is 4.74 Å². The van der Waals surface area contributed by atoms with E-state index in [1.807, 2.05) is 6.07 Å². The van der Waals surface area contributed by atoms with E-state index < -0.39 is 18.0 Å². The number of aliphatic hydroxyl groups is 1. The fourth-order valence-corrected chi connectivity index (χ4v) is 2.82. The lowest BCUT2D eigenvalue weighted by molar-refractivity contribution is 0.0963. The number of ether oxygens (including phenoxy) is 1. The molecule has 1 amide bonds. The quantitative estimate of drug-likeness (QED) is 0.794. The Balaban J connectivity index is 1.70. The molecular weight excluding hydrogens is 312 g/mol. The van der Waals surface area contributed by atoms with Gasteiger partial charge in [0, 0.05) is 5.69 Å². The largest absolute Gasteiger partial charge is 0.441 e. The van der Waals surface area contributed by atoms with Crippen molar-refractivity contribution < 1.29 is 19.1 Å². The topological polar surface area (TPSA) is 84.9 Å². The van der Waals surface area contributed by atoms with Gasteiger partial charge in [0.05, 0.1) is 24.4 Å². The van der Waals surface area contributed by atoms with Crippen molar-refractivity contribution in [1.82, 2.24) is 4.57 Å².